The Labute approximate surface area is 110 Å². The van der Waals surface area contributed by atoms with Crippen LogP contribution in [0.2, 0.25) is 0 Å². The minimum atomic E-state index is 0.147. The van der Waals surface area contributed by atoms with Crippen LogP contribution in [0.25, 0.3) is 0 Å². The number of hydrogen-bond acceptors (Lipinski definition) is 5. The summed E-state index contributed by atoms with van der Waals surface area (Å²) in [5.41, 5.74) is 0.986. The molecule has 5 heteroatoms. The molecule has 0 bridgehead atoms. The molecule has 0 aliphatic heterocycles. The highest BCUT2D eigenvalue weighted by Gasteiger charge is 2.02. The molecule has 0 fully saturated rings. The fraction of sp³-hybridized carbons (Fsp3) is 0.308. The van der Waals surface area contributed by atoms with Crippen molar-refractivity contribution in [3.8, 4) is 5.75 Å². The number of nitrogens with zero attached hydrogens (tertiary/aromatic N) is 1. The summed E-state index contributed by atoms with van der Waals surface area (Å²) in [5.74, 6) is 0.854. The number of thiazole rings is 1. The lowest BCUT2D eigenvalue weighted by Crippen LogP contribution is -2.17. The van der Waals surface area contributed by atoms with E-state index in [1.54, 1.807) is 11.3 Å². The molecule has 0 aliphatic carbocycles. The van der Waals surface area contributed by atoms with Gasteiger partial charge >= 0.3 is 0 Å². The lowest BCUT2D eigenvalue weighted by molar-refractivity contribution is 0.291. The molecular weight excluding hydrogens is 248 g/mol. The van der Waals surface area contributed by atoms with E-state index in [0.717, 1.165) is 16.5 Å². The van der Waals surface area contributed by atoms with Crippen LogP contribution in [0.5, 0.6) is 5.75 Å². The minimum Gasteiger partial charge on any atom is -0.486 e. The summed E-state index contributed by atoms with van der Waals surface area (Å²) in [7, 11) is 0. The largest absolute Gasteiger partial charge is 0.486 e. The van der Waals surface area contributed by atoms with E-state index in [-0.39, 0.29) is 6.61 Å². The van der Waals surface area contributed by atoms with E-state index < -0.39 is 0 Å². The Balaban J connectivity index is 1.80. The molecule has 2 rings (SSSR count). The van der Waals surface area contributed by atoms with Gasteiger partial charge in [0.1, 0.15) is 17.4 Å². The summed E-state index contributed by atoms with van der Waals surface area (Å²) >= 11 is 1.59. The van der Waals surface area contributed by atoms with Gasteiger partial charge in [0.05, 0.1) is 12.3 Å². The molecule has 4 nitrogen and oxygen atoms in total. The Morgan fingerprint density at radius 3 is 2.89 bits per heavy atom. The standard InChI is InChI=1S/C13H16N2O2S/c16-7-6-14-8-11-10-18-13(15-11)9-17-12-4-2-1-3-5-12/h1-5,10,14,16H,6-9H2. The highest BCUT2D eigenvalue weighted by atomic mass is 32.1. The predicted octanol–water partition coefficient (Wildman–Crippen LogP) is 1.80. The van der Waals surface area contributed by atoms with Crippen molar-refractivity contribution in [1.82, 2.24) is 10.3 Å². The first-order valence-electron chi connectivity index (χ1n) is 5.81. The summed E-state index contributed by atoms with van der Waals surface area (Å²) in [6, 6.07) is 9.71. The molecule has 0 radical (unpaired) electrons. The first kappa shape index (κ1) is 13.0. The SMILES string of the molecule is OCCNCc1csc(COc2ccccc2)n1. The number of ether oxygens (including phenoxy) is 1. The Hall–Kier alpha value is -1.43. The number of hydrogen-bond donors (Lipinski definition) is 2. The van der Waals surface area contributed by atoms with Crippen molar-refractivity contribution in [1.29, 1.82) is 0 Å². The molecule has 2 aromatic rings. The maximum Gasteiger partial charge on any atom is 0.140 e. The van der Waals surface area contributed by atoms with Crippen LogP contribution in [0.4, 0.5) is 0 Å². The molecule has 0 saturated heterocycles. The molecule has 1 heterocycles. The zero-order valence-electron chi connectivity index (χ0n) is 10.0. The molecule has 96 valence electrons. The van der Waals surface area contributed by atoms with Crippen LogP contribution in [-0.4, -0.2) is 23.2 Å². The average molecular weight is 264 g/mol. The van der Waals surface area contributed by atoms with Crippen LogP contribution in [0.1, 0.15) is 10.7 Å². The number of nitrogens with one attached hydrogen (secondary N) is 1. The van der Waals surface area contributed by atoms with Crippen molar-refractivity contribution < 1.29 is 9.84 Å². The van der Waals surface area contributed by atoms with Gasteiger partial charge in [0.15, 0.2) is 0 Å². The maximum absolute atomic E-state index is 8.66. The monoisotopic (exact) mass is 264 g/mol. The Morgan fingerprint density at radius 2 is 2.11 bits per heavy atom. The van der Waals surface area contributed by atoms with E-state index in [4.69, 9.17) is 9.84 Å². The third kappa shape index (κ3) is 4.10. The normalized spacial score (nSPS) is 10.5. The fourth-order valence-corrected chi connectivity index (χ4v) is 2.16. The molecule has 0 atom stereocenters. The lowest BCUT2D eigenvalue weighted by atomic mass is 10.3. The van der Waals surface area contributed by atoms with Gasteiger partial charge in [-0.3, -0.25) is 0 Å². The minimum absolute atomic E-state index is 0.147. The molecular formula is C13H16N2O2S. The maximum atomic E-state index is 8.66. The van der Waals surface area contributed by atoms with Crippen LogP contribution in [-0.2, 0) is 13.2 Å². The molecule has 1 aromatic carbocycles. The van der Waals surface area contributed by atoms with Crippen molar-refractivity contribution in [2.75, 3.05) is 13.2 Å². The van der Waals surface area contributed by atoms with Gasteiger partial charge < -0.3 is 15.2 Å². The third-order valence-electron chi connectivity index (χ3n) is 2.30. The number of para-hydroxylation sites is 1. The number of aliphatic hydroxyl groups is 1. The fourth-order valence-electron chi connectivity index (χ4n) is 1.45. The van der Waals surface area contributed by atoms with Crippen molar-refractivity contribution in [2.45, 2.75) is 13.2 Å². The summed E-state index contributed by atoms with van der Waals surface area (Å²) in [5, 5.41) is 14.7. The molecule has 2 N–H and O–H groups in total. The summed E-state index contributed by atoms with van der Waals surface area (Å²) < 4.78 is 5.62. The van der Waals surface area contributed by atoms with Gasteiger partial charge in [-0.25, -0.2) is 4.98 Å². The van der Waals surface area contributed by atoms with Crippen LogP contribution in [0, 0.1) is 0 Å². The van der Waals surface area contributed by atoms with Gasteiger partial charge in [0, 0.05) is 18.5 Å². The Bertz CT molecular complexity index is 459. The number of rotatable bonds is 7. The molecule has 0 aliphatic rings. The molecule has 18 heavy (non-hydrogen) atoms. The average Bonchev–Trinajstić information content (AvgIpc) is 2.86. The summed E-state index contributed by atoms with van der Waals surface area (Å²) in [4.78, 5) is 4.45. The van der Waals surface area contributed by atoms with E-state index in [2.05, 4.69) is 10.3 Å². The summed E-state index contributed by atoms with van der Waals surface area (Å²) in [6.45, 7) is 1.92. The first-order valence-corrected chi connectivity index (χ1v) is 6.69. The second-order valence-electron chi connectivity index (χ2n) is 3.73. The number of benzene rings is 1. The van der Waals surface area contributed by atoms with Gasteiger partial charge in [0.25, 0.3) is 0 Å². The quantitative estimate of drug-likeness (QED) is 0.749. The smallest absolute Gasteiger partial charge is 0.140 e. The summed E-state index contributed by atoms with van der Waals surface area (Å²) in [6.07, 6.45) is 0. The second-order valence-corrected chi connectivity index (χ2v) is 4.68. The van der Waals surface area contributed by atoms with Crippen LogP contribution >= 0.6 is 11.3 Å². The van der Waals surface area contributed by atoms with Crippen LogP contribution < -0.4 is 10.1 Å². The predicted molar refractivity (Wildman–Crippen MR) is 71.7 cm³/mol. The highest BCUT2D eigenvalue weighted by molar-refractivity contribution is 7.09. The molecule has 1 aromatic heterocycles. The molecule has 0 saturated carbocycles. The highest BCUT2D eigenvalue weighted by Crippen LogP contribution is 2.14. The van der Waals surface area contributed by atoms with Gasteiger partial charge in [-0.1, -0.05) is 18.2 Å². The van der Waals surface area contributed by atoms with Gasteiger partial charge in [-0.05, 0) is 12.1 Å². The van der Waals surface area contributed by atoms with Crippen molar-refractivity contribution in [2.24, 2.45) is 0 Å². The van der Waals surface area contributed by atoms with E-state index in [0.29, 0.717) is 19.7 Å². The van der Waals surface area contributed by atoms with E-state index in [9.17, 15) is 0 Å². The van der Waals surface area contributed by atoms with Gasteiger partial charge in [-0.15, -0.1) is 11.3 Å². The van der Waals surface area contributed by atoms with E-state index in [1.165, 1.54) is 0 Å². The van der Waals surface area contributed by atoms with E-state index >= 15 is 0 Å². The third-order valence-corrected chi connectivity index (χ3v) is 3.17. The van der Waals surface area contributed by atoms with E-state index in [1.807, 2.05) is 35.7 Å². The van der Waals surface area contributed by atoms with Crippen LogP contribution in [0.3, 0.4) is 0 Å². The zero-order valence-corrected chi connectivity index (χ0v) is 10.8. The van der Waals surface area contributed by atoms with Crippen molar-refractivity contribution in [3.63, 3.8) is 0 Å². The molecule has 0 amide bonds. The van der Waals surface area contributed by atoms with Gasteiger partial charge in [-0.2, -0.15) is 0 Å². The molecule has 0 spiro atoms. The second kappa shape index (κ2) is 7.10. The molecule has 0 unspecified atom stereocenters. The van der Waals surface area contributed by atoms with Crippen molar-refractivity contribution >= 4 is 11.3 Å². The van der Waals surface area contributed by atoms with Crippen LogP contribution in [0.15, 0.2) is 35.7 Å². The number of aliphatic hydroxyl groups excluding tert-OH is 1. The first-order chi connectivity index (χ1) is 8.88. The van der Waals surface area contributed by atoms with Crippen molar-refractivity contribution in [3.05, 3.63) is 46.4 Å². The Kier molecular flexibility index (Phi) is 5.14. The van der Waals surface area contributed by atoms with Gasteiger partial charge in [0.2, 0.25) is 0 Å². The topological polar surface area (TPSA) is 54.4 Å². The Morgan fingerprint density at radius 1 is 1.28 bits per heavy atom. The number of aromatic nitrogens is 1. The lowest BCUT2D eigenvalue weighted by Gasteiger charge is -2.02. The zero-order chi connectivity index (χ0) is 12.6.